The Kier molecular flexibility index (Phi) is 76.3. The molecule has 1 aromatic carbocycles. The lowest BCUT2D eigenvalue weighted by molar-refractivity contribution is 0.602. The van der Waals surface area contributed by atoms with Gasteiger partial charge in [0.05, 0.1) is 0 Å². The zero-order valence-corrected chi connectivity index (χ0v) is 31.1. The highest BCUT2D eigenvalue weighted by atomic mass is 13.9. The van der Waals surface area contributed by atoms with E-state index in [0.717, 1.165) is 0 Å². The largest absolute Gasteiger partial charge is 0.0654 e. The molecule has 0 heterocycles. The van der Waals surface area contributed by atoms with Gasteiger partial charge in [-0.25, -0.2) is 0 Å². The first kappa shape index (κ1) is 49.9. The Bertz CT molecular complexity index is 361. The minimum atomic E-state index is 1.34. The molecule has 0 nitrogen and oxygen atoms in total. The van der Waals surface area contributed by atoms with Crippen molar-refractivity contribution in [1.82, 2.24) is 0 Å². The molecular formula is C41H86. The second-order valence-electron chi connectivity index (χ2n) is 11.5. The van der Waals surface area contributed by atoms with E-state index in [1.807, 2.05) is 36.4 Å². The summed E-state index contributed by atoms with van der Waals surface area (Å²) in [5, 5.41) is 0. The summed E-state index contributed by atoms with van der Waals surface area (Å²) in [7, 11) is 0. The molecule has 0 aromatic heterocycles. The standard InChI is InChI=1S/C9H20.C8H18.C7H16.C6H6.C6H14.C5H12/c1-3-5-7-9-8-6-4-2;1-3-5-7-8-6-4-2;1-3-5-7-6-4-2;1-2-4-6-5-3-1;1-3-5-6-4-2;1-3-5-4-2/h3-9H2,1-2H3;3-8H2,1-2H3;3-7H2,1-2H3;1-6H;3-6H2,1-2H3;3-5H2,1-2H3. The zero-order chi connectivity index (χ0) is 31.9. The molecule has 0 fully saturated rings. The first-order chi connectivity index (χ1) is 20.1. The maximum Gasteiger partial charge on any atom is -0.0533 e. The third-order valence-electron chi connectivity index (χ3n) is 6.70. The Labute approximate surface area is 265 Å². The summed E-state index contributed by atoms with van der Waals surface area (Å²) in [4.78, 5) is 0. The molecule has 250 valence electrons. The summed E-state index contributed by atoms with van der Waals surface area (Å²) >= 11 is 0. The first-order valence-electron chi connectivity index (χ1n) is 19.1. The molecule has 1 aromatic rings. The minimum Gasteiger partial charge on any atom is -0.0654 e. The van der Waals surface area contributed by atoms with E-state index in [-0.39, 0.29) is 0 Å². The second-order valence-corrected chi connectivity index (χ2v) is 11.5. The van der Waals surface area contributed by atoms with Gasteiger partial charge in [-0.3, -0.25) is 0 Å². The highest BCUT2D eigenvalue weighted by molar-refractivity contribution is 4.99. The third kappa shape index (κ3) is 85.4. The van der Waals surface area contributed by atoms with Crippen molar-refractivity contribution in [2.45, 2.75) is 230 Å². The van der Waals surface area contributed by atoms with Crippen molar-refractivity contribution < 1.29 is 0 Å². The van der Waals surface area contributed by atoms with E-state index < -0.39 is 0 Å². The molecule has 0 N–H and O–H groups in total. The van der Waals surface area contributed by atoms with Crippen molar-refractivity contribution in [3.8, 4) is 0 Å². The van der Waals surface area contributed by atoms with Crippen molar-refractivity contribution in [2.24, 2.45) is 0 Å². The van der Waals surface area contributed by atoms with Gasteiger partial charge in [0.15, 0.2) is 0 Å². The predicted octanol–water partition coefficient (Wildman–Crippen LogP) is 16.6. The number of rotatable bonds is 20. The average molecular weight is 579 g/mol. The molecule has 0 unspecified atom stereocenters. The average Bonchev–Trinajstić information content (AvgIpc) is 3.01. The van der Waals surface area contributed by atoms with Crippen molar-refractivity contribution in [1.29, 1.82) is 0 Å². The summed E-state index contributed by atoms with van der Waals surface area (Å²) in [5.41, 5.74) is 0. The summed E-state index contributed by atoms with van der Waals surface area (Å²) < 4.78 is 0. The molecule has 0 saturated carbocycles. The fourth-order valence-corrected chi connectivity index (χ4v) is 3.80. The highest BCUT2D eigenvalue weighted by Crippen LogP contribution is 2.06. The monoisotopic (exact) mass is 579 g/mol. The molecule has 0 atom stereocenters. The van der Waals surface area contributed by atoms with Crippen molar-refractivity contribution in [3.05, 3.63) is 36.4 Å². The molecule has 0 aliphatic carbocycles. The number of benzene rings is 1. The lowest BCUT2D eigenvalue weighted by Gasteiger charge is -1.96. The van der Waals surface area contributed by atoms with E-state index in [4.69, 9.17) is 0 Å². The van der Waals surface area contributed by atoms with Crippen LogP contribution in [0.25, 0.3) is 0 Å². The topological polar surface area (TPSA) is 0 Å². The highest BCUT2D eigenvalue weighted by Gasteiger charge is 1.86. The molecule has 0 saturated heterocycles. The van der Waals surface area contributed by atoms with Crippen molar-refractivity contribution in [2.75, 3.05) is 0 Å². The molecule has 0 amide bonds. The van der Waals surface area contributed by atoms with Crippen LogP contribution in [0.1, 0.15) is 230 Å². The van der Waals surface area contributed by atoms with Gasteiger partial charge in [0.2, 0.25) is 0 Å². The number of hydrogen-bond acceptors (Lipinski definition) is 0. The lowest BCUT2D eigenvalue weighted by atomic mass is 10.1. The Balaban J connectivity index is -0.000000128. The van der Waals surface area contributed by atoms with E-state index >= 15 is 0 Å². The Morgan fingerprint density at radius 3 is 0.439 bits per heavy atom. The molecular weight excluding hydrogens is 492 g/mol. The molecule has 0 spiro atoms. The molecule has 0 heteroatoms. The van der Waals surface area contributed by atoms with Crippen molar-refractivity contribution in [3.63, 3.8) is 0 Å². The SMILES string of the molecule is CCCCC.CCCCCC.CCCCCCC.CCCCCCCC.CCCCCCCCC.c1ccccc1. The third-order valence-corrected chi connectivity index (χ3v) is 6.70. The van der Waals surface area contributed by atoms with Crippen LogP contribution in [-0.2, 0) is 0 Å². The van der Waals surface area contributed by atoms with Gasteiger partial charge in [0.1, 0.15) is 0 Å². The van der Waals surface area contributed by atoms with Gasteiger partial charge < -0.3 is 0 Å². The molecule has 0 radical (unpaired) electrons. The van der Waals surface area contributed by atoms with Crippen LogP contribution in [-0.4, -0.2) is 0 Å². The van der Waals surface area contributed by atoms with E-state index in [0.29, 0.717) is 0 Å². The second kappa shape index (κ2) is 62.7. The van der Waals surface area contributed by atoms with Crippen LogP contribution in [0, 0.1) is 0 Å². The predicted molar refractivity (Wildman–Crippen MR) is 199 cm³/mol. The fraction of sp³-hybridized carbons (Fsp3) is 0.854. The zero-order valence-electron chi connectivity index (χ0n) is 31.1. The Morgan fingerprint density at radius 2 is 0.293 bits per heavy atom. The Hall–Kier alpha value is -0.780. The minimum absolute atomic E-state index is 1.34. The van der Waals surface area contributed by atoms with Crippen LogP contribution >= 0.6 is 0 Å². The smallest absolute Gasteiger partial charge is 0.0533 e. The van der Waals surface area contributed by atoms with Crippen LogP contribution in [0.5, 0.6) is 0 Å². The molecule has 41 heavy (non-hydrogen) atoms. The molecule has 0 aliphatic rings. The van der Waals surface area contributed by atoms with Gasteiger partial charge in [-0.2, -0.15) is 0 Å². The molecule has 0 aliphatic heterocycles. The van der Waals surface area contributed by atoms with Crippen LogP contribution < -0.4 is 0 Å². The van der Waals surface area contributed by atoms with Crippen LogP contribution in [0.4, 0.5) is 0 Å². The van der Waals surface area contributed by atoms with Crippen LogP contribution in [0.3, 0.4) is 0 Å². The first-order valence-corrected chi connectivity index (χ1v) is 19.1. The fourth-order valence-electron chi connectivity index (χ4n) is 3.80. The Morgan fingerprint density at radius 1 is 0.171 bits per heavy atom. The summed E-state index contributed by atoms with van der Waals surface area (Å²) in [6.07, 6.45) is 35.1. The number of hydrogen-bond donors (Lipinski definition) is 0. The van der Waals surface area contributed by atoms with Crippen molar-refractivity contribution >= 4 is 0 Å². The normalized spacial score (nSPS) is 9.22. The summed E-state index contributed by atoms with van der Waals surface area (Å²) in [6, 6.07) is 12.0. The summed E-state index contributed by atoms with van der Waals surface area (Å²) in [5.74, 6) is 0. The van der Waals surface area contributed by atoms with Gasteiger partial charge in [0.25, 0.3) is 0 Å². The van der Waals surface area contributed by atoms with Gasteiger partial charge >= 0.3 is 0 Å². The van der Waals surface area contributed by atoms with Crippen LogP contribution in [0.15, 0.2) is 36.4 Å². The molecule has 1 rings (SSSR count). The number of unbranched alkanes of at least 4 members (excludes halogenated alkanes) is 20. The van der Waals surface area contributed by atoms with Crippen LogP contribution in [0.2, 0.25) is 0 Å². The van der Waals surface area contributed by atoms with Gasteiger partial charge in [-0.15, -0.1) is 0 Å². The van der Waals surface area contributed by atoms with E-state index in [1.165, 1.54) is 161 Å². The quantitative estimate of drug-likeness (QED) is 0.135. The van der Waals surface area contributed by atoms with Gasteiger partial charge in [-0.1, -0.05) is 266 Å². The maximum atomic E-state index is 2.26. The van der Waals surface area contributed by atoms with Gasteiger partial charge in [0, 0.05) is 0 Å². The lowest BCUT2D eigenvalue weighted by Crippen LogP contribution is -1.76. The van der Waals surface area contributed by atoms with E-state index in [1.54, 1.807) is 0 Å². The van der Waals surface area contributed by atoms with Gasteiger partial charge in [-0.05, 0) is 0 Å². The maximum absolute atomic E-state index is 2.26. The molecule has 0 bridgehead atoms. The van der Waals surface area contributed by atoms with E-state index in [2.05, 4.69) is 69.2 Å². The summed E-state index contributed by atoms with van der Waals surface area (Å²) in [6.45, 7) is 22.4. The van der Waals surface area contributed by atoms with E-state index in [9.17, 15) is 0 Å².